The van der Waals surface area contributed by atoms with Gasteiger partial charge < -0.3 is 20.9 Å². The van der Waals surface area contributed by atoms with Crippen LogP contribution in [-0.2, 0) is 30.4 Å². The van der Waals surface area contributed by atoms with E-state index in [1.807, 2.05) is 61.3 Å². The predicted octanol–water partition coefficient (Wildman–Crippen LogP) is 4.81. The summed E-state index contributed by atoms with van der Waals surface area (Å²) >= 11 is 1.84. The van der Waals surface area contributed by atoms with Crippen LogP contribution in [0.25, 0.3) is 0 Å². The number of nitrogens with two attached hydrogens (primary N) is 1. The number of para-hydroxylation sites is 1. The Kier molecular flexibility index (Phi) is 16.1. The molecule has 3 heterocycles. The highest BCUT2D eigenvalue weighted by molar-refractivity contribution is 7.94. The van der Waals surface area contributed by atoms with E-state index in [1.54, 1.807) is 0 Å². The lowest BCUT2D eigenvalue weighted by Gasteiger charge is -2.51. The van der Waals surface area contributed by atoms with Gasteiger partial charge in [-0.1, -0.05) is 51.7 Å². The van der Waals surface area contributed by atoms with Crippen LogP contribution in [0.3, 0.4) is 0 Å². The monoisotopic (exact) mass is 861 g/mol. The molecule has 1 aromatic carbocycles. The standard InChI is InChI=1S/C45H68N10O5S/c1-5-11-39(42(59)50-31-57)54(32-58)38-16-10-14-34(40(38)51(3)4)13-7-6-8-19-44(22-23-47-30-56)27-53(28-44)61-52-24-17-35(18-25-52)48-26-36-41(49-29-46)55(37-15-9-12-33(37)2)43(60)45(36)20-21-45/h10,14,16,26,29-33,35,37,39H,5-9,11-13,15,17-25,27-28H2,1-4H3,(H2,46,49)(H,47,56)(H,50,57,59). The Morgan fingerprint density at radius 1 is 1.03 bits per heavy atom. The molecule has 2 saturated heterocycles. The van der Waals surface area contributed by atoms with Gasteiger partial charge >= 0.3 is 0 Å². The molecule has 3 atom stereocenters. The number of benzene rings is 1. The van der Waals surface area contributed by atoms with Gasteiger partial charge in [-0.05, 0) is 93.6 Å². The van der Waals surface area contributed by atoms with Gasteiger partial charge in [-0.2, -0.15) is 0 Å². The SMILES string of the molecule is CCCC(C(=O)NC=O)N(C=O)c1cccc(CCCCCC2(CCNC=O)CN(SN3CCC(N=CC4=C(/N=C/N)N(C5CCCC5C)C(=O)C45CC5)CC3)C2)c1N(C)C. The summed E-state index contributed by atoms with van der Waals surface area (Å²) in [5, 5.41) is 5.13. The third-order valence-corrected chi connectivity index (χ3v) is 14.8. The van der Waals surface area contributed by atoms with E-state index in [0.717, 1.165) is 139 Å². The molecule has 0 radical (unpaired) electrons. The summed E-state index contributed by atoms with van der Waals surface area (Å²) in [5.74, 6) is 0.871. The molecule has 15 nitrogen and oxygen atoms in total. The van der Waals surface area contributed by atoms with Gasteiger partial charge in [-0.25, -0.2) is 13.6 Å². The zero-order valence-electron chi connectivity index (χ0n) is 36.7. The molecule has 0 aromatic heterocycles. The molecule has 61 heavy (non-hydrogen) atoms. The summed E-state index contributed by atoms with van der Waals surface area (Å²) in [7, 11) is 3.89. The summed E-state index contributed by atoms with van der Waals surface area (Å²) in [5.41, 5.74) is 9.14. The number of aliphatic imine (C=N–C) groups is 2. The second kappa shape index (κ2) is 21.2. The smallest absolute Gasteiger partial charge is 0.249 e. The molecule has 4 N–H and O–H groups in total. The van der Waals surface area contributed by atoms with Gasteiger partial charge in [0.1, 0.15) is 11.9 Å². The van der Waals surface area contributed by atoms with Gasteiger partial charge in [0, 0.05) is 76.8 Å². The van der Waals surface area contributed by atoms with Crippen LogP contribution in [0.4, 0.5) is 11.4 Å². The van der Waals surface area contributed by atoms with Crippen LogP contribution in [0.15, 0.2) is 39.6 Å². The molecule has 334 valence electrons. The van der Waals surface area contributed by atoms with Gasteiger partial charge in [-0.3, -0.25) is 39.2 Å². The lowest BCUT2D eigenvalue weighted by Crippen LogP contribution is -2.55. The minimum Gasteiger partial charge on any atom is -0.390 e. The van der Waals surface area contributed by atoms with Crippen LogP contribution in [0, 0.1) is 16.7 Å². The van der Waals surface area contributed by atoms with Crippen molar-refractivity contribution in [2.45, 2.75) is 128 Å². The Morgan fingerprint density at radius 3 is 2.43 bits per heavy atom. The highest BCUT2D eigenvalue weighted by Crippen LogP contribution is 2.59. The fourth-order valence-electron chi connectivity index (χ4n) is 10.2. The first kappa shape index (κ1) is 46.2. The van der Waals surface area contributed by atoms with Crippen LogP contribution in [0.2, 0.25) is 0 Å². The minimum absolute atomic E-state index is 0.153. The van der Waals surface area contributed by atoms with Gasteiger partial charge in [0.15, 0.2) is 0 Å². The summed E-state index contributed by atoms with van der Waals surface area (Å²) in [6, 6.07) is 5.48. The molecular weight excluding hydrogens is 793 g/mol. The fraction of sp³-hybridized carbons (Fsp3) is 0.667. The Balaban J connectivity index is 0.992. The van der Waals surface area contributed by atoms with Crippen molar-refractivity contribution in [1.82, 2.24) is 24.1 Å². The van der Waals surface area contributed by atoms with E-state index in [-0.39, 0.29) is 23.4 Å². The molecule has 3 unspecified atom stereocenters. The number of carbonyl (C=O) groups is 5. The van der Waals surface area contributed by atoms with E-state index < -0.39 is 17.4 Å². The van der Waals surface area contributed by atoms with Crippen molar-refractivity contribution in [3.63, 3.8) is 0 Å². The Labute approximate surface area is 366 Å². The van der Waals surface area contributed by atoms with Crippen molar-refractivity contribution in [3.05, 3.63) is 35.2 Å². The lowest BCUT2D eigenvalue weighted by molar-refractivity contribution is -0.134. The van der Waals surface area contributed by atoms with Crippen molar-refractivity contribution in [2.24, 2.45) is 32.5 Å². The molecule has 4 fully saturated rings. The van der Waals surface area contributed by atoms with Gasteiger partial charge in [0.25, 0.3) is 0 Å². The zero-order chi connectivity index (χ0) is 43.6. The number of nitrogens with one attached hydrogen (secondary N) is 2. The Morgan fingerprint density at radius 2 is 1.80 bits per heavy atom. The molecule has 16 heteroatoms. The summed E-state index contributed by atoms with van der Waals surface area (Å²) in [6.45, 7) is 8.69. The normalized spacial score (nSPS) is 23.1. The number of amides is 5. The molecule has 3 aliphatic heterocycles. The number of aryl methyl sites for hydroxylation is 1. The number of rotatable bonds is 24. The summed E-state index contributed by atoms with van der Waals surface area (Å²) in [4.78, 5) is 76.3. The average Bonchev–Trinajstić information content (AvgIpc) is 3.88. The summed E-state index contributed by atoms with van der Waals surface area (Å²) in [6.07, 6.45) is 19.1. The molecule has 2 aliphatic carbocycles. The number of hydrogen-bond donors (Lipinski definition) is 3. The van der Waals surface area contributed by atoms with Crippen LogP contribution in [0.5, 0.6) is 0 Å². The van der Waals surface area contributed by atoms with E-state index in [2.05, 4.69) is 37.2 Å². The number of unbranched alkanes of at least 4 members (excludes halogenated alkanes) is 2. The third kappa shape index (κ3) is 10.5. The number of nitrogens with zero attached hydrogens (tertiary/aromatic N) is 7. The number of imide groups is 1. The first-order valence-electron chi connectivity index (χ1n) is 22.5. The van der Waals surface area contributed by atoms with E-state index in [9.17, 15) is 24.0 Å². The third-order valence-electron chi connectivity index (χ3n) is 13.7. The fourth-order valence-corrected chi connectivity index (χ4v) is 11.6. The zero-order valence-corrected chi connectivity index (χ0v) is 37.5. The predicted molar refractivity (Wildman–Crippen MR) is 243 cm³/mol. The van der Waals surface area contributed by atoms with Gasteiger partial charge in [-0.15, -0.1) is 0 Å². The molecule has 6 rings (SSSR count). The minimum atomic E-state index is -0.787. The number of anilines is 2. The van der Waals surface area contributed by atoms with Crippen molar-refractivity contribution < 1.29 is 24.0 Å². The molecule has 0 bridgehead atoms. The number of piperidine rings is 1. The summed E-state index contributed by atoms with van der Waals surface area (Å²) < 4.78 is 4.91. The van der Waals surface area contributed by atoms with Crippen LogP contribution in [-0.4, -0.2) is 122 Å². The van der Waals surface area contributed by atoms with E-state index in [4.69, 9.17) is 10.7 Å². The average molecular weight is 861 g/mol. The maximum atomic E-state index is 13.8. The Hall–Kier alpha value is -4.28. The quantitative estimate of drug-likeness (QED) is 0.0431. The largest absolute Gasteiger partial charge is 0.390 e. The first-order valence-corrected chi connectivity index (χ1v) is 23.3. The van der Waals surface area contributed by atoms with E-state index in [1.165, 1.54) is 11.2 Å². The molecule has 5 aliphatic rings. The van der Waals surface area contributed by atoms with Crippen LogP contribution in [0.1, 0.15) is 109 Å². The van der Waals surface area contributed by atoms with Crippen molar-refractivity contribution in [3.8, 4) is 0 Å². The van der Waals surface area contributed by atoms with Crippen molar-refractivity contribution >= 4 is 67.1 Å². The molecule has 5 amide bonds. The maximum Gasteiger partial charge on any atom is 0.249 e. The highest BCUT2D eigenvalue weighted by atomic mass is 32.2. The van der Waals surface area contributed by atoms with Crippen LogP contribution >= 0.6 is 12.1 Å². The number of hydrogen-bond acceptors (Lipinski definition) is 11. The first-order chi connectivity index (χ1) is 29.5. The van der Waals surface area contributed by atoms with Gasteiger partial charge in [0.05, 0.1) is 29.2 Å². The molecule has 1 aromatic rings. The van der Waals surface area contributed by atoms with E-state index >= 15 is 0 Å². The van der Waals surface area contributed by atoms with Gasteiger partial charge in [0.2, 0.25) is 31.0 Å². The van der Waals surface area contributed by atoms with Crippen molar-refractivity contribution in [2.75, 3.05) is 56.6 Å². The van der Waals surface area contributed by atoms with Crippen LogP contribution < -0.4 is 26.2 Å². The van der Waals surface area contributed by atoms with E-state index in [0.29, 0.717) is 43.8 Å². The van der Waals surface area contributed by atoms with Crippen molar-refractivity contribution in [1.29, 1.82) is 0 Å². The lowest BCUT2D eigenvalue weighted by atomic mass is 9.74. The highest BCUT2D eigenvalue weighted by Gasteiger charge is 2.62. The maximum absolute atomic E-state index is 13.8. The molecule has 1 spiro atoms. The second-order valence-electron chi connectivity index (χ2n) is 18.1. The Bertz CT molecular complexity index is 1800. The molecular formula is C45H68N10O5S. The topological polar surface area (TPSA) is 176 Å². The number of carbonyl (C=O) groups excluding carboxylic acids is 5. The second-order valence-corrected chi connectivity index (χ2v) is 19.3. The molecule has 2 saturated carbocycles.